The van der Waals surface area contributed by atoms with E-state index in [9.17, 15) is 36.0 Å². The number of rotatable bonds is 0. The normalized spacial score (nSPS) is 18.6. The summed E-state index contributed by atoms with van der Waals surface area (Å²) in [4.78, 5) is 52.5. The van der Waals surface area contributed by atoms with Gasteiger partial charge in [0.05, 0.1) is 23.8 Å². The molecule has 0 aromatic carbocycles. The van der Waals surface area contributed by atoms with Crippen molar-refractivity contribution in [3.63, 3.8) is 0 Å². The van der Waals surface area contributed by atoms with E-state index in [0.29, 0.717) is 55.3 Å². The molecule has 6 heterocycles. The Morgan fingerprint density at radius 3 is 1.12 bits per heavy atom. The molecule has 5 saturated heterocycles. The van der Waals surface area contributed by atoms with Crippen LogP contribution < -0.4 is 5.56 Å². The summed E-state index contributed by atoms with van der Waals surface area (Å²) in [6.45, 7) is 41.9. The maximum Gasteiger partial charge on any atom is 0.410 e. The first kappa shape index (κ1) is 83.0. The third-order valence-electron chi connectivity index (χ3n) is 11.3. The Bertz CT molecular complexity index is 1910. The second kappa shape index (κ2) is 33.1. The molecule has 17 heteroatoms. The van der Waals surface area contributed by atoms with Gasteiger partial charge in [-0.3, -0.25) is 24.2 Å². The Hall–Kier alpha value is -3.02. The number of piperidine rings is 1. The number of nitrogens with zero attached hydrogens (tertiary/aromatic N) is 6. The highest BCUT2D eigenvalue weighted by Crippen LogP contribution is 2.25. The average molecular weight is 1070 g/mol. The van der Waals surface area contributed by atoms with Crippen molar-refractivity contribution in [2.24, 2.45) is 0 Å². The number of sulfonamides is 1. The maximum atomic E-state index is 11.4. The van der Waals surface area contributed by atoms with Crippen LogP contribution in [0.4, 0.5) is 4.79 Å². The van der Waals surface area contributed by atoms with Crippen LogP contribution in [0, 0.1) is 0 Å². The molecule has 5 fully saturated rings. The van der Waals surface area contributed by atoms with Crippen molar-refractivity contribution in [1.29, 1.82) is 0 Å². The topological polar surface area (TPSA) is 167 Å². The first-order chi connectivity index (χ1) is 29.2. The van der Waals surface area contributed by atoms with Crippen molar-refractivity contribution < 1.29 is 36.0 Å². The largest absolute Gasteiger partial charge is 0.448 e. The summed E-state index contributed by atoms with van der Waals surface area (Å²) in [5, 5.41) is 0. The zero-order chi connectivity index (χ0) is 50.6. The van der Waals surface area contributed by atoms with Gasteiger partial charge in [-0.1, -0.05) is 58.1 Å². The number of hydrogen-bond donors (Lipinski definition) is 0. The summed E-state index contributed by atoms with van der Waals surface area (Å²) in [7, 11) is -5.63. The molecular formula is C55H118N6O9S2. The van der Waals surface area contributed by atoms with Crippen molar-refractivity contribution in [2.75, 3.05) is 63.1 Å². The highest BCUT2D eigenvalue weighted by Gasteiger charge is 2.37. The molecule has 434 valence electrons. The molecule has 1 aromatic rings. The van der Waals surface area contributed by atoms with Crippen molar-refractivity contribution in [3.8, 4) is 0 Å². The molecule has 0 saturated carbocycles. The summed E-state index contributed by atoms with van der Waals surface area (Å²) < 4.78 is 52.9. The minimum absolute atomic E-state index is 0. The second-order valence-electron chi connectivity index (χ2n) is 23.2. The van der Waals surface area contributed by atoms with Gasteiger partial charge < -0.3 is 19.1 Å². The van der Waals surface area contributed by atoms with Crippen molar-refractivity contribution >= 4 is 37.8 Å². The van der Waals surface area contributed by atoms with Crippen LogP contribution in [0.25, 0.3) is 0 Å². The number of hydrogen-bond acceptors (Lipinski definition) is 10. The van der Waals surface area contributed by atoms with Gasteiger partial charge in [-0.15, -0.1) is 0 Å². The van der Waals surface area contributed by atoms with Crippen LogP contribution in [0.1, 0.15) is 215 Å². The summed E-state index contributed by atoms with van der Waals surface area (Å²) >= 11 is 0. The van der Waals surface area contributed by atoms with Gasteiger partial charge in [0, 0.05) is 91.1 Å². The number of sulfone groups is 1. The SMILES string of the molecule is C.C.C.C.C.C.C.CC(C)(C)N1CCCC1=O.CC(C)(C)N1CCCCC1=O.CC(C)(C)N1CCCS1(=O)=O.CC(C)(C)N1CCOC1=O.CC(C)(C)N1CCS(=O)(=O)CC1.CC(C)(C)n1ccccc1=O. The summed E-state index contributed by atoms with van der Waals surface area (Å²) in [5.41, 5.74) is -0.220. The molecule has 5 aliphatic rings. The van der Waals surface area contributed by atoms with Crippen LogP contribution in [-0.4, -0.2) is 154 Å². The van der Waals surface area contributed by atoms with Crippen LogP contribution in [0.3, 0.4) is 0 Å². The standard InChI is InChI=1S/C9H17NO.C9H13NO.C8H17NO2S.C8H15NO.C7H15NO2S.C7H13NO2.7CH4/c2*1-9(2,3)10-7-5-4-6-8(10)11;1-8(2,3)9-4-6-12(10,11)7-5-9;1-8(2,3)9-6-4-5-7(9)10;1-7(2,3)8-5-4-6-11(8,9)10;1-7(2,3)8-4-5-10-6(8)9;;;;;;;/h4-7H2,1-3H3;4-7H,1-3H3;4-7H2,1-3H3;4-6H2,1-3H3;4-6H2,1-3H3;4-5H2,1-3H3;7*1H4. The Morgan fingerprint density at radius 1 is 0.444 bits per heavy atom. The summed E-state index contributed by atoms with van der Waals surface area (Å²) in [6, 6.07) is 5.20. The lowest BCUT2D eigenvalue weighted by Gasteiger charge is -2.38. The van der Waals surface area contributed by atoms with Crippen molar-refractivity contribution in [2.45, 2.75) is 248 Å². The number of carbonyl (C=O) groups is 3. The highest BCUT2D eigenvalue weighted by molar-refractivity contribution is 7.91. The Kier molecular flexibility index (Phi) is 38.2. The van der Waals surface area contributed by atoms with E-state index < -0.39 is 19.9 Å². The van der Waals surface area contributed by atoms with Gasteiger partial charge in [-0.25, -0.2) is 21.6 Å². The summed E-state index contributed by atoms with van der Waals surface area (Å²) in [5.74, 6) is 1.61. The lowest BCUT2D eigenvalue weighted by Crippen LogP contribution is -2.49. The third kappa shape index (κ3) is 29.2. The Labute approximate surface area is 446 Å². The van der Waals surface area contributed by atoms with E-state index in [2.05, 4.69) is 67.2 Å². The van der Waals surface area contributed by atoms with Crippen molar-refractivity contribution in [1.82, 2.24) is 28.5 Å². The Morgan fingerprint density at radius 2 is 0.875 bits per heavy atom. The number of carbonyl (C=O) groups excluding carboxylic acids is 3. The van der Waals surface area contributed by atoms with Crippen LogP contribution in [0.15, 0.2) is 29.2 Å². The lowest BCUT2D eigenvalue weighted by atomic mass is 10.0. The molecule has 3 amide bonds. The molecule has 0 radical (unpaired) electrons. The molecule has 0 N–H and O–H groups in total. The van der Waals surface area contributed by atoms with Crippen LogP contribution in [0.2, 0.25) is 0 Å². The fourth-order valence-corrected chi connectivity index (χ4v) is 10.8. The fourth-order valence-electron chi connectivity index (χ4n) is 7.63. The number of aromatic nitrogens is 1. The molecule has 5 aliphatic heterocycles. The number of likely N-dealkylation sites (tertiary alicyclic amines) is 2. The molecule has 6 rings (SSSR count). The third-order valence-corrected chi connectivity index (χ3v) is 15.1. The van der Waals surface area contributed by atoms with E-state index in [-0.39, 0.29) is 96.9 Å². The van der Waals surface area contributed by atoms with Gasteiger partial charge >= 0.3 is 6.09 Å². The van der Waals surface area contributed by atoms with E-state index in [1.807, 2.05) is 84.4 Å². The molecular weight excluding hydrogens is 953 g/mol. The predicted molar refractivity (Wildman–Crippen MR) is 311 cm³/mol. The van der Waals surface area contributed by atoms with Gasteiger partial charge in [0.2, 0.25) is 21.8 Å². The van der Waals surface area contributed by atoms with Crippen LogP contribution >= 0.6 is 0 Å². The minimum Gasteiger partial charge on any atom is -0.448 e. The first-order valence-corrected chi connectivity index (χ1v) is 26.8. The van der Waals surface area contributed by atoms with E-state index in [1.54, 1.807) is 25.9 Å². The number of amides is 3. The molecule has 1 aromatic heterocycles. The quantitative estimate of drug-likeness (QED) is 0.244. The smallest absolute Gasteiger partial charge is 0.410 e. The number of cyclic esters (lactones) is 1. The number of ether oxygens (including phenoxy) is 1. The fraction of sp³-hybridized carbons (Fsp3) is 0.855. The van der Waals surface area contributed by atoms with Gasteiger partial charge in [0.1, 0.15) is 6.61 Å². The van der Waals surface area contributed by atoms with Crippen molar-refractivity contribution in [3.05, 3.63) is 34.7 Å². The average Bonchev–Trinajstić information content (AvgIpc) is 3.87. The molecule has 0 atom stereocenters. The van der Waals surface area contributed by atoms with Gasteiger partial charge in [-0.05, 0) is 156 Å². The number of pyridine rings is 1. The molecule has 0 unspecified atom stereocenters. The Balaban J connectivity index is -0.000000138. The molecule has 15 nitrogen and oxygen atoms in total. The summed E-state index contributed by atoms with van der Waals surface area (Å²) in [6.07, 6.45) is 7.17. The molecule has 0 spiro atoms. The van der Waals surface area contributed by atoms with E-state index in [0.717, 1.165) is 51.7 Å². The van der Waals surface area contributed by atoms with Gasteiger partial charge in [0.15, 0.2) is 9.84 Å². The van der Waals surface area contributed by atoms with E-state index >= 15 is 0 Å². The zero-order valence-corrected chi connectivity index (χ0v) is 45.4. The van der Waals surface area contributed by atoms with Crippen LogP contribution in [0.5, 0.6) is 0 Å². The zero-order valence-electron chi connectivity index (χ0n) is 43.8. The first-order valence-electron chi connectivity index (χ1n) is 23.4. The molecule has 0 bridgehead atoms. The predicted octanol–water partition coefficient (Wildman–Crippen LogP) is 11.8. The van der Waals surface area contributed by atoms with Gasteiger partial charge in [0.25, 0.3) is 5.56 Å². The highest BCUT2D eigenvalue weighted by atomic mass is 32.2. The lowest BCUT2D eigenvalue weighted by molar-refractivity contribution is -0.138. The monoisotopic (exact) mass is 1070 g/mol. The minimum atomic E-state index is -2.91. The molecule has 72 heavy (non-hydrogen) atoms. The van der Waals surface area contributed by atoms with Gasteiger partial charge in [-0.2, -0.15) is 4.31 Å². The van der Waals surface area contributed by atoms with E-state index in [4.69, 9.17) is 4.74 Å². The molecule has 0 aliphatic carbocycles. The van der Waals surface area contributed by atoms with Crippen LogP contribution in [-0.2, 0) is 39.7 Å². The van der Waals surface area contributed by atoms with E-state index in [1.165, 1.54) is 6.42 Å². The maximum absolute atomic E-state index is 11.4. The second-order valence-corrected chi connectivity index (χ2v) is 27.5.